The number of benzene rings is 3. The minimum atomic E-state index is 0.198. The zero-order valence-corrected chi connectivity index (χ0v) is 20.3. The van der Waals surface area contributed by atoms with Crippen LogP contribution in [0, 0.1) is 13.8 Å². The Kier molecular flexibility index (Phi) is 6.80. The maximum Gasteiger partial charge on any atom is 0.161 e. The van der Waals surface area contributed by atoms with E-state index in [1.54, 1.807) is 14.2 Å². The zero-order chi connectivity index (χ0) is 23.5. The first-order valence-corrected chi connectivity index (χ1v) is 11.4. The second kappa shape index (κ2) is 9.75. The van der Waals surface area contributed by atoms with Gasteiger partial charge in [0.25, 0.3) is 0 Å². The summed E-state index contributed by atoms with van der Waals surface area (Å²) in [4.78, 5) is 2.43. The predicted octanol–water partition coefficient (Wildman–Crippen LogP) is 5.10. The van der Waals surface area contributed by atoms with Crippen molar-refractivity contribution in [2.45, 2.75) is 32.7 Å². The number of rotatable bonds is 7. The molecule has 0 saturated heterocycles. The molecular formula is C28H34N2O3. The van der Waals surface area contributed by atoms with E-state index >= 15 is 0 Å². The summed E-state index contributed by atoms with van der Waals surface area (Å²) in [6, 6.07) is 17.1. The van der Waals surface area contributed by atoms with Gasteiger partial charge in [0.15, 0.2) is 11.5 Å². The average molecular weight is 447 g/mol. The van der Waals surface area contributed by atoms with Gasteiger partial charge in [-0.05, 0) is 79.4 Å². The summed E-state index contributed by atoms with van der Waals surface area (Å²) in [6.45, 7) is 5.88. The summed E-state index contributed by atoms with van der Waals surface area (Å²) in [7, 11) is 5.53. The maximum atomic E-state index is 6.25. The normalized spacial score (nSPS) is 15.7. The van der Waals surface area contributed by atoms with Crippen LogP contribution in [0.15, 0.2) is 48.5 Å². The molecule has 0 amide bonds. The van der Waals surface area contributed by atoms with Crippen LogP contribution in [0.2, 0.25) is 0 Å². The predicted molar refractivity (Wildman–Crippen MR) is 134 cm³/mol. The van der Waals surface area contributed by atoms with Crippen LogP contribution in [0.25, 0.3) is 0 Å². The average Bonchev–Trinajstić information content (AvgIpc) is 2.79. The third-order valence-electron chi connectivity index (χ3n) is 6.56. The summed E-state index contributed by atoms with van der Waals surface area (Å²) in [5.74, 6) is 2.26. The Balaban J connectivity index is 1.60. The Bertz CT molecular complexity index is 1140. The van der Waals surface area contributed by atoms with Crippen LogP contribution in [0.1, 0.15) is 39.4 Å². The highest BCUT2D eigenvalue weighted by molar-refractivity contribution is 5.55. The molecule has 1 unspecified atom stereocenters. The van der Waals surface area contributed by atoms with E-state index in [1.807, 2.05) is 18.2 Å². The number of hydrogen-bond acceptors (Lipinski definition) is 5. The first-order valence-electron chi connectivity index (χ1n) is 11.4. The lowest BCUT2D eigenvalue weighted by Crippen LogP contribution is -2.33. The van der Waals surface area contributed by atoms with Gasteiger partial charge in [-0.1, -0.05) is 29.8 Å². The molecule has 3 aromatic carbocycles. The molecule has 0 bridgehead atoms. The molecule has 5 heteroatoms. The fraction of sp³-hybridized carbons (Fsp3) is 0.357. The van der Waals surface area contributed by atoms with Crippen LogP contribution >= 0.6 is 0 Å². The maximum absolute atomic E-state index is 6.25. The lowest BCUT2D eigenvalue weighted by Gasteiger charge is -2.36. The van der Waals surface area contributed by atoms with Crippen molar-refractivity contribution in [1.29, 1.82) is 0 Å². The lowest BCUT2D eigenvalue weighted by molar-refractivity contribution is 0.259. The number of nitrogen functional groups attached to an aromatic ring is 1. The van der Waals surface area contributed by atoms with Gasteiger partial charge in [0, 0.05) is 13.0 Å². The summed E-state index contributed by atoms with van der Waals surface area (Å²) in [5.41, 5.74) is 14.4. The van der Waals surface area contributed by atoms with Crippen molar-refractivity contribution in [3.05, 3.63) is 81.9 Å². The first-order chi connectivity index (χ1) is 15.9. The van der Waals surface area contributed by atoms with Crippen molar-refractivity contribution in [2.24, 2.45) is 0 Å². The number of nitrogens with two attached hydrogens (primary N) is 1. The molecule has 1 heterocycles. The van der Waals surface area contributed by atoms with Crippen LogP contribution in [0.4, 0.5) is 5.69 Å². The highest BCUT2D eigenvalue weighted by Crippen LogP contribution is 2.41. The van der Waals surface area contributed by atoms with Gasteiger partial charge in [-0.2, -0.15) is 0 Å². The summed E-state index contributed by atoms with van der Waals surface area (Å²) in [5, 5.41) is 0. The first kappa shape index (κ1) is 23.0. The van der Waals surface area contributed by atoms with E-state index in [-0.39, 0.29) is 6.04 Å². The highest BCUT2D eigenvalue weighted by atomic mass is 16.5. The Labute approximate surface area is 197 Å². The summed E-state index contributed by atoms with van der Waals surface area (Å²) in [6.07, 6.45) is 1.74. The lowest BCUT2D eigenvalue weighted by atomic mass is 9.86. The van der Waals surface area contributed by atoms with Gasteiger partial charge >= 0.3 is 0 Å². The fourth-order valence-electron chi connectivity index (χ4n) is 4.78. The van der Waals surface area contributed by atoms with Crippen LogP contribution < -0.4 is 19.9 Å². The van der Waals surface area contributed by atoms with E-state index in [0.29, 0.717) is 18.0 Å². The quantitative estimate of drug-likeness (QED) is 0.512. The molecule has 0 spiro atoms. The van der Waals surface area contributed by atoms with Gasteiger partial charge < -0.3 is 19.9 Å². The van der Waals surface area contributed by atoms with E-state index in [0.717, 1.165) is 36.4 Å². The summed E-state index contributed by atoms with van der Waals surface area (Å²) < 4.78 is 17.2. The van der Waals surface area contributed by atoms with E-state index in [9.17, 15) is 0 Å². The molecule has 1 aliphatic heterocycles. The molecule has 5 nitrogen and oxygen atoms in total. The van der Waals surface area contributed by atoms with Crippen molar-refractivity contribution in [1.82, 2.24) is 4.90 Å². The number of nitrogens with zero attached hydrogens (tertiary/aromatic N) is 1. The molecule has 2 N–H and O–H groups in total. The molecular weight excluding hydrogens is 412 g/mol. The van der Waals surface area contributed by atoms with Gasteiger partial charge in [-0.25, -0.2) is 0 Å². The Morgan fingerprint density at radius 2 is 1.70 bits per heavy atom. The number of methoxy groups -OCH3 is 2. The number of hydrogen-bond donors (Lipinski definition) is 1. The van der Waals surface area contributed by atoms with Crippen LogP contribution in [0.5, 0.6) is 17.2 Å². The van der Waals surface area contributed by atoms with Crippen molar-refractivity contribution in [2.75, 3.05) is 40.2 Å². The fourth-order valence-corrected chi connectivity index (χ4v) is 4.78. The third-order valence-corrected chi connectivity index (χ3v) is 6.56. The largest absolute Gasteiger partial charge is 0.495 e. The van der Waals surface area contributed by atoms with Crippen molar-refractivity contribution >= 4 is 5.69 Å². The molecule has 0 aromatic heterocycles. The zero-order valence-electron chi connectivity index (χ0n) is 20.3. The molecule has 174 valence electrons. The van der Waals surface area contributed by atoms with Crippen LogP contribution in [0.3, 0.4) is 0 Å². The minimum absolute atomic E-state index is 0.198. The topological polar surface area (TPSA) is 57.0 Å². The number of fused-ring (bicyclic) bond motifs is 1. The molecule has 3 aromatic rings. The number of aryl methyl sites for hydroxylation is 2. The Hall–Kier alpha value is -3.18. The second-order valence-electron chi connectivity index (χ2n) is 8.87. The highest BCUT2D eigenvalue weighted by Gasteiger charge is 2.29. The molecule has 1 atom stereocenters. The minimum Gasteiger partial charge on any atom is -0.495 e. The smallest absolute Gasteiger partial charge is 0.161 e. The SMILES string of the molecule is COc1ccc(CCOc2cc3c(cc2OC)CCN(C)C3c2ccc(C)cc2C)cc1N. The molecule has 0 fully saturated rings. The number of ether oxygens (including phenoxy) is 3. The second-order valence-corrected chi connectivity index (χ2v) is 8.87. The monoisotopic (exact) mass is 446 g/mol. The number of likely N-dealkylation sites (N-methyl/N-ethyl adjacent to an activating group) is 1. The Morgan fingerprint density at radius 3 is 2.39 bits per heavy atom. The molecule has 4 rings (SSSR count). The molecule has 0 radical (unpaired) electrons. The van der Waals surface area contributed by atoms with Crippen molar-refractivity contribution in [3.8, 4) is 17.2 Å². The molecule has 0 saturated carbocycles. The molecule has 1 aliphatic rings. The van der Waals surface area contributed by atoms with E-state index in [4.69, 9.17) is 19.9 Å². The van der Waals surface area contributed by atoms with E-state index in [1.165, 1.54) is 27.8 Å². The van der Waals surface area contributed by atoms with Gasteiger partial charge in [0.2, 0.25) is 0 Å². The Morgan fingerprint density at radius 1 is 0.909 bits per heavy atom. The van der Waals surface area contributed by atoms with E-state index < -0.39 is 0 Å². The van der Waals surface area contributed by atoms with E-state index in [2.05, 4.69) is 56.1 Å². The van der Waals surface area contributed by atoms with Gasteiger partial charge in [-0.15, -0.1) is 0 Å². The van der Waals surface area contributed by atoms with Gasteiger partial charge in [0.05, 0.1) is 32.6 Å². The van der Waals surface area contributed by atoms with Crippen molar-refractivity contribution < 1.29 is 14.2 Å². The standard InChI is InChI=1S/C28H34N2O3/c1-18-6-8-22(19(2)14-18)28-23-17-27(26(32-5)16-21(23)10-12-30(28)3)33-13-11-20-7-9-25(31-4)24(29)15-20/h6-9,14-17,28H,10-13,29H2,1-5H3. The third kappa shape index (κ3) is 4.79. The van der Waals surface area contributed by atoms with Crippen LogP contribution in [-0.2, 0) is 12.8 Å². The molecule has 33 heavy (non-hydrogen) atoms. The number of anilines is 1. The van der Waals surface area contributed by atoms with Gasteiger partial charge in [0.1, 0.15) is 5.75 Å². The summed E-state index contributed by atoms with van der Waals surface area (Å²) >= 11 is 0. The van der Waals surface area contributed by atoms with Gasteiger partial charge in [-0.3, -0.25) is 4.90 Å². The van der Waals surface area contributed by atoms with Crippen molar-refractivity contribution in [3.63, 3.8) is 0 Å². The van der Waals surface area contributed by atoms with Crippen LogP contribution in [-0.4, -0.2) is 39.3 Å². The molecule has 0 aliphatic carbocycles.